The van der Waals surface area contributed by atoms with Crippen LogP contribution in [0.5, 0.6) is 5.75 Å². The van der Waals surface area contributed by atoms with Crippen molar-refractivity contribution in [2.75, 3.05) is 18.9 Å². The Hall–Kier alpha value is -1.42. The lowest BCUT2D eigenvalue weighted by molar-refractivity contribution is 0.0526. The Morgan fingerprint density at radius 2 is 2.12 bits per heavy atom. The number of hydrogen-bond acceptors (Lipinski definition) is 4. The Balaban J connectivity index is 2.96. The molecule has 0 saturated heterocycles. The van der Waals surface area contributed by atoms with Gasteiger partial charge in [-0.3, -0.25) is 0 Å². The van der Waals surface area contributed by atoms with Crippen LogP contribution in [0.4, 0.5) is 5.69 Å². The van der Waals surface area contributed by atoms with Gasteiger partial charge in [-0.05, 0) is 19.4 Å². The third-order valence-electron chi connectivity index (χ3n) is 2.06. The van der Waals surface area contributed by atoms with Gasteiger partial charge in [0.2, 0.25) is 0 Å². The summed E-state index contributed by atoms with van der Waals surface area (Å²) in [5.41, 5.74) is 6.41. The molecule has 0 aliphatic rings. The van der Waals surface area contributed by atoms with Gasteiger partial charge in [0.1, 0.15) is 5.75 Å². The van der Waals surface area contributed by atoms with Gasteiger partial charge >= 0.3 is 5.97 Å². The number of carbonyl (C=O) groups is 1. The standard InChI is InChI=1S/C12H16ClNO3/c1-3-5-17-11-7-9(13)8(6-10(11)14)12(15)16-4-2/h6-7H,3-5,14H2,1-2H3. The van der Waals surface area contributed by atoms with Crippen molar-refractivity contribution in [1.82, 2.24) is 0 Å². The van der Waals surface area contributed by atoms with Crippen LogP contribution >= 0.6 is 11.6 Å². The fourth-order valence-corrected chi connectivity index (χ4v) is 1.50. The van der Waals surface area contributed by atoms with Crippen molar-refractivity contribution in [2.24, 2.45) is 0 Å². The quantitative estimate of drug-likeness (QED) is 0.651. The molecule has 1 aromatic rings. The molecule has 0 amide bonds. The summed E-state index contributed by atoms with van der Waals surface area (Å²) in [6, 6.07) is 3.02. The van der Waals surface area contributed by atoms with Crippen LogP contribution in [0.2, 0.25) is 5.02 Å². The lowest BCUT2D eigenvalue weighted by Gasteiger charge is -2.11. The van der Waals surface area contributed by atoms with Gasteiger partial charge in [-0.25, -0.2) is 4.79 Å². The van der Waals surface area contributed by atoms with Gasteiger partial charge in [0, 0.05) is 6.07 Å². The van der Waals surface area contributed by atoms with Gasteiger partial charge in [0.05, 0.1) is 29.5 Å². The third kappa shape index (κ3) is 3.53. The molecule has 1 rings (SSSR count). The third-order valence-corrected chi connectivity index (χ3v) is 2.37. The van der Waals surface area contributed by atoms with Crippen LogP contribution < -0.4 is 10.5 Å². The highest BCUT2D eigenvalue weighted by molar-refractivity contribution is 6.33. The number of ether oxygens (including phenoxy) is 2. The van der Waals surface area contributed by atoms with Gasteiger partial charge in [-0.1, -0.05) is 18.5 Å². The molecule has 0 heterocycles. The first-order chi connectivity index (χ1) is 8.10. The number of halogens is 1. The maximum absolute atomic E-state index is 11.5. The summed E-state index contributed by atoms with van der Waals surface area (Å²) in [4.78, 5) is 11.5. The van der Waals surface area contributed by atoms with E-state index >= 15 is 0 Å². The van der Waals surface area contributed by atoms with E-state index in [0.29, 0.717) is 24.7 Å². The molecule has 0 unspecified atom stereocenters. The van der Waals surface area contributed by atoms with Crippen LogP contribution in [0.25, 0.3) is 0 Å². The summed E-state index contributed by atoms with van der Waals surface area (Å²) in [6.07, 6.45) is 0.872. The van der Waals surface area contributed by atoms with E-state index < -0.39 is 5.97 Å². The van der Waals surface area contributed by atoms with Crippen molar-refractivity contribution in [3.05, 3.63) is 22.7 Å². The van der Waals surface area contributed by atoms with Crippen molar-refractivity contribution in [1.29, 1.82) is 0 Å². The van der Waals surface area contributed by atoms with Crippen molar-refractivity contribution in [3.63, 3.8) is 0 Å². The number of carbonyl (C=O) groups excluding carboxylic acids is 1. The molecule has 4 nitrogen and oxygen atoms in total. The zero-order valence-electron chi connectivity index (χ0n) is 9.96. The van der Waals surface area contributed by atoms with Crippen molar-refractivity contribution in [2.45, 2.75) is 20.3 Å². The average molecular weight is 258 g/mol. The van der Waals surface area contributed by atoms with Crippen LogP contribution in [-0.2, 0) is 4.74 Å². The van der Waals surface area contributed by atoms with E-state index in [0.717, 1.165) is 6.42 Å². The number of anilines is 1. The molecule has 17 heavy (non-hydrogen) atoms. The second kappa shape index (κ2) is 6.35. The van der Waals surface area contributed by atoms with Gasteiger partial charge in [-0.15, -0.1) is 0 Å². The summed E-state index contributed by atoms with van der Waals surface area (Å²) < 4.78 is 10.3. The summed E-state index contributed by atoms with van der Waals surface area (Å²) in [7, 11) is 0. The minimum atomic E-state index is -0.480. The first-order valence-corrected chi connectivity index (χ1v) is 5.86. The highest BCUT2D eigenvalue weighted by Crippen LogP contribution is 2.29. The zero-order chi connectivity index (χ0) is 12.8. The van der Waals surface area contributed by atoms with Crippen molar-refractivity contribution in [3.8, 4) is 5.75 Å². The summed E-state index contributed by atoms with van der Waals surface area (Å²) in [5.74, 6) is 0.0103. The molecule has 0 aliphatic carbocycles. The fourth-order valence-electron chi connectivity index (χ4n) is 1.27. The Labute approximate surface area is 106 Å². The Morgan fingerprint density at radius 1 is 1.41 bits per heavy atom. The molecule has 1 aromatic carbocycles. The van der Waals surface area contributed by atoms with Gasteiger partial charge < -0.3 is 15.2 Å². The molecular weight excluding hydrogens is 242 g/mol. The Kier molecular flexibility index (Phi) is 5.10. The fraction of sp³-hybridized carbons (Fsp3) is 0.417. The molecule has 0 aliphatic heterocycles. The largest absolute Gasteiger partial charge is 0.491 e. The van der Waals surface area contributed by atoms with E-state index in [1.165, 1.54) is 6.07 Å². The van der Waals surface area contributed by atoms with E-state index in [4.69, 9.17) is 26.8 Å². The molecule has 0 aromatic heterocycles. The van der Waals surface area contributed by atoms with E-state index in [1.54, 1.807) is 13.0 Å². The summed E-state index contributed by atoms with van der Waals surface area (Å²) in [6.45, 7) is 4.57. The van der Waals surface area contributed by atoms with Crippen LogP contribution in [0.3, 0.4) is 0 Å². The average Bonchev–Trinajstić information content (AvgIpc) is 2.30. The second-order valence-electron chi connectivity index (χ2n) is 3.44. The number of benzene rings is 1. The van der Waals surface area contributed by atoms with E-state index in [1.807, 2.05) is 6.92 Å². The predicted molar refractivity (Wildman–Crippen MR) is 67.6 cm³/mol. The van der Waals surface area contributed by atoms with Crippen molar-refractivity contribution >= 4 is 23.3 Å². The zero-order valence-corrected chi connectivity index (χ0v) is 10.7. The normalized spacial score (nSPS) is 10.1. The monoisotopic (exact) mass is 257 g/mol. The van der Waals surface area contributed by atoms with Gasteiger partial charge in [0.25, 0.3) is 0 Å². The predicted octanol–water partition coefficient (Wildman–Crippen LogP) is 2.89. The number of nitrogens with two attached hydrogens (primary N) is 1. The molecule has 0 spiro atoms. The highest BCUT2D eigenvalue weighted by Gasteiger charge is 2.15. The topological polar surface area (TPSA) is 61.5 Å². The molecular formula is C12H16ClNO3. The van der Waals surface area contributed by atoms with E-state index in [9.17, 15) is 4.79 Å². The maximum Gasteiger partial charge on any atom is 0.339 e. The first kappa shape index (κ1) is 13.6. The van der Waals surface area contributed by atoms with Crippen LogP contribution in [0.1, 0.15) is 30.6 Å². The molecule has 0 atom stereocenters. The molecule has 0 saturated carbocycles. The van der Waals surface area contributed by atoms with Crippen molar-refractivity contribution < 1.29 is 14.3 Å². The molecule has 94 valence electrons. The van der Waals surface area contributed by atoms with E-state index in [2.05, 4.69) is 0 Å². The van der Waals surface area contributed by atoms with E-state index in [-0.39, 0.29) is 10.6 Å². The van der Waals surface area contributed by atoms with Gasteiger partial charge in [0.15, 0.2) is 0 Å². The number of rotatable bonds is 5. The smallest absolute Gasteiger partial charge is 0.339 e. The number of esters is 1. The Bertz CT molecular complexity index is 407. The highest BCUT2D eigenvalue weighted by atomic mass is 35.5. The molecule has 5 heteroatoms. The molecule has 0 radical (unpaired) electrons. The molecule has 0 fully saturated rings. The summed E-state index contributed by atoms with van der Waals surface area (Å²) >= 11 is 5.97. The van der Waals surface area contributed by atoms with Crippen LogP contribution in [0.15, 0.2) is 12.1 Å². The maximum atomic E-state index is 11.5. The minimum absolute atomic E-state index is 0.259. The van der Waals surface area contributed by atoms with Crippen LogP contribution in [-0.4, -0.2) is 19.2 Å². The molecule has 0 bridgehead atoms. The lowest BCUT2D eigenvalue weighted by atomic mass is 10.2. The second-order valence-corrected chi connectivity index (χ2v) is 3.85. The minimum Gasteiger partial charge on any atom is -0.491 e. The lowest BCUT2D eigenvalue weighted by Crippen LogP contribution is -2.07. The summed E-state index contributed by atoms with van der Waals surface area (Å²) in [5, 5.41) is 0.281. The number of hydrogen-bond donors (Lipinski definition) is 1. The van der Waals surface area contributed by atoms with Gasteiger partial charge in [-0.2, -0.15) is 0 Å². The SMILES string of the molecule is CCCOc1cc(Cl)c(C(=O)OCC)cc1N. The molecule has 2 N–H and O–H groups in total. The van der Waals surface area contributed by atoms with Crippen LogP contribution in [0, 0.1) is 0 Å². The first-order valence-electron chi connectivity index (χ1n) is 5.49. The Morgan fingerprint density at radius 3 is 2.71 bits per heavy atom. The number of nitrogen functional groups attached to an aromatic ring is 1.